The first kappa shape index (κ1) is 22.0. The smallest absolute Gasteiger partial charge is 0.248 e. The van der Waals surface area contributed by atoms with Crippen LogP contribution in [0.25, 0.3) is 28.6 Å². The van der Waals surface area contributed by atoms with E-state index in [9.17, 15) is 4.79 Å². The summed E-state index contributed by atoms with van der Waals surface area (Å²) < 4.78 is 22.2. The Morgan fingerprint density at radius 3 is 2.61 bits per heavy atom. The van der Waals surface area contributed by atoms with Gasteiger partial charge in [-0.2, -0.15) is 0 Å². The summed E-state index contributed by atoms with van der Waals surface area (Å²) in [5.74, 6) is 2.13. The van der Waals surface area contributed by atoms with E-state index in [1.807, 2.05) is 49.4 Å². The molecule has 7 heteroatoms. The van der Waals surface area contributed by atoms with Gasteiger partial charge < -0.3 is 23.9 Å². The number of methoxy groups -OCH3 is 2. The van der Waals surface area contributed by atoms with E-state index >= 15 is 0 Å². The van der Waals surface area contributed by atoms with Crippen LogP contribution in [0.3, 0.4) is 0 Å². The van der Waals surface area contributed by atoms with Gasteiger partial charge in [0, 0.05) is 17.8 Å². The number of carbonyl (C=O) groups excluding carboxylic acids is 1. The van der Waals surface area contributed by atoms with Crippen molar-refractivity contribution >= 4 is 28.8 Å². The summed E-state index contributed by atoms with van der Waals surface area (Å²) >= 11 is 0. The predicted molar refractivity (Wildman–Crippen MR) is 128 cm³/mol. The molecule has 0 radical (unpaired) electrons. The molecule has 0 unspecified atom stereocenters. The average Bonchev–Trinajstić information content (AvgIpc) is 3.26. The van der Waals surface area contributed by atoms with Crippen molar-refractivity contribution in [2.45, 2.75) is 6.92 Å². The minimum absolute atomic E-state index is 0.272. The van der Waals surface area contributed by atoms with Gasteiger partial charge in [-0.1, -0.05) is 18.2 Å². The van der Waals surface area contributed by atoms with Crippen molar-refractivity contribution in [3.63, 3.8) is 0 Å². The lowest BCUT2D eigenvalue weighted by atomic mass is 10.2. The van der Waals surface area contributed by atoms with Crippen molar-refractivity contribution in [3.8, 4) is 28.7 Å². The van der Waals surface area contributed by atoms with Crippen molar-refractivity contribution < 1.29 is 23.4 Å². The van der Waals surface area contributed by atoms with E-state index in [1.165, 1.54) is 6.08 Å². The normalized spacial score (nSPS) is 11.0. The van der Waals surface area contributed by atoms with Gasteiger partial charge in [0.25, 0.3) is 0 Å². The number of para-hydroxylation sites is 1. The molecule has 33 heavy (non-hydrogen) atoms. The highest BCUT2D eigenvalue weighted by Gasteiger charge is 2.13. The highest BCUT2D eigenvalue weighted by atomic mass is 16.5. The minimum Gasteiger partial charge on any atom is -0.496 e. The van der Waals surface area contributed by atoms with Crippen LogP contribution in [0.4, 0.5) is 5.69 Å². The number of benzene rings is 3. The van der Waals surface area contributed by atoms with Crippen molar-refractivity contribution in [1.29, 1.82) is 0 Å². The first-order valence-electron chi connectivity index (χ1n) is 10.4. The zero-order valence-electron chi connectivity index (χ0n) is 18.6. The molecular weight excluding hydrogens is 420 g/mol. The lowest BCUT2D eigenvalue weighted by molar-refractivity contribution is -0.111. The fraction of sp³-hybridized carbons (Fsp3) is 0.154. The maximum atomic E-state index is 12.4. The molecule has 0 fully saturated rings. The largest absolute Gasteiger partial charge is 0.496 e. The fourth-order valence-corrected chi connectivity index (χ4v) is 3.36. The number of ether oxygens (including phenoxy) is 3. The molecule has 0 bridgehead atoms. The molecule has 0 saturated heterocycles. The monoisotopic (exact) mass is 444 g/mol. The molecule has 4 aromatic rings. The number of nitrogens with zero attached hydrogens (tertiary/aromatic N) is 1. The molecule has 7 nitrogen and oxygen atoms in total. The number of amides is 1. The highest BCUT2D eigenvalue weighted by molar-refractivity contribution is 6.02. The van der Waals surface area contributed by atoms with E-state index in [-0.39, 0.29) is 5.91 Å². The summed E-state index contributed by atoms with van der Waals surface area (Å²) in [6.45, 7) is 2.46. The Morgan fingerprint density at radius 2 is 1.82 bits per heavy atom. The van der Waals surface area contributed by atoms with Crippen LogP contribution >= 0.6 is 0 Å². The van der Waals surface area contributed by atoms with E-state index < -0.39 is 0 Å². The number of hydrogen-bond acceptors (Lipinski definition) is 6. The second kappa shape index (κ2) is 9.91. The third kappa shape index (κ3) is 4.98. The zero-order valence-corrected chi connectivity index (χ0v) is 18.6. The Bertz CT molecular complexity index is 1310. The summed E-state index contributed by atoms with van der Waals surface area (Å²) in [5.41, 5.74) is 3.43. The summed E-state index contributed by atoms with van der Waals surface area (Å²) in [6.07, 6.45) is 3.17. The van der Waals surface area contributed by atoms with E-state index in [1.54, 1.807) is 38.5 Å². The number of oxazole rings is 1. The van der Waals surface area contributed by atoms with Gasteiger partial charge >= 0.3 is 0 Å². The minimum atomic E-state index is -0.272. The fourth-order valence-electron chi connectivity index (χ4n) is 3.36. The lowest BCUT2D eigenvalue weighted by Crippen LogP contribution is -2.07. The summed E-state index contributed by atoms with van der Waals surface area (Å²) in [4.78, 5) is 17.0. The zero-order chi connectivity index (χ0) is 23.2. The molecule has 4 rings (SSSR count). The van der Waals surface area contributed by atoms with Crippen molar-refractivity contribution in [3.05, 3.63) is 72.3 Å². The number of nitrogens with one attached hydrogen (secondary N) is 1. The Labute approximate surface area is 191 Å². The molecule has 1 aromatic heterocycles. The second-order valence-electron chi connectivity index (χ2n) is 7.07. The molecule has 0 saturated carbocycles. The topological polar surface area (TPSA) is 82.8 Å². The number of carbonyl (C=O) groups is 1. The van der Waals surface area contributed by atoms with Crippen molar-refractivity contribution in [2.24, 2.45) is 0 Å². The molecule has 3 aromatic carbocycles. The Kier molecular flexibility index (Phi) is 6.59. The van der Waals surface area contributed by atoms with Crippen molar-refractivity contribution in [1.82, 2.24) is 4.98 Å². The van der Waals surface area contributed by atoms with Crippen molar-refractivity contribution in [2.75, 3.05) is 26.1 Å². The van der Waals surface area contributed by atoms with E-state index in [0.717, 1.165) is 11.1 Å². The summed E-state index contributed by atoms with van der Waals surface area (Å²) in [5, 5.41) is 2.84. The first-order chi connectivity index (χ1) is 16.1. The number of anilines is 1. The van der Waals surface area contributed by atoms with E-state index in [0.29, 0.717) is 46.5 Å². The Morgan fingerprint density at radius 1 is 1.00 bits per heavy atom. The van der Waals surface area contributed by atoms with Gasteiger partial charge in [-0.05, 0) is 55.0 Å². The molecule has 1 amide bonds. The van der Waals surface area contributed by atoms with Crippen LogP contribution in [-0.4, -0.2) is 31.7 Å². The number of hydrogen-bond donors (Lipinski definition) is 1. The van der Waals surface area contributed by atoms with Crippen LogP contribution in [0.15, 0.2) is 71.2 Å². The van der Waals surface area contributed by atoms with Gasteiger partial charge in [-0.15, -0.1) is 0 Å². The van der Waals surface area contributed by atoms with Gasteiger partial charge in [0.05, 0.1) is 26.4 Å². The summed E-state index contributed by atoms with van der Waals surface area (Å²) in [7, 11) is 3.18. The van der Waals surface area contributed by atoms with Crippen LogP contribution in [0, 0.1) is 0 Å². The molecular formula is C26H24N2O5. The quantitative estimate of drug-likeness (QED) is 0.358. The Balaban J connectivity index is 1.49. The van der Waals surface area contributed by atoms with Crippen LogP contribution in [0.5, 0.6) is 17.2 Å². The molecule has 0 atom stereocenters. The molecule has 0 spiro atoms. The lowest BCUT2D eigenvalue weighted by Gasteiger charge is -2.09. The first-order valence-corrected chi connectivity index (χ1v) is 10.4. The third-order valence-electron chi connectivity index (χ3n) is 4.91. The highest BCUT2D eigenvalue weighted by Crippen LogP contribution is 2.32. The van der Waals surface area contributed by atoms with Gasteiger partial charge in [-0.25, -0.2) is 4.98 Å². The molecule has 0 aliphatic heterocycles. The second-order valence-corrected chi connectivity index (χ2v) is 7.07. The summed E-state index contributed by atoms with van der Waals surface area (Å²) in [6, 6.07) is 18.3. The molecule has 1 heterocycles. The number of fused-ring (bicyclic) bond motifs is 1. The maximum Gasteiger partial charge on any atom is 0.248 e. The van der Waals surface area contributed by atoms with Gasteiger partial charge in [-0.3, -0.25) is 4.79 Å². The number of rotatable bonds is 8. The van der Waals surface area contributed by atoms with Crippen LogP contribution in [0.2, 0.25) is 0 Å². The number of aromatic nitrogens is 1. The standard InChI is InChI=1S/C26H24N2O5/c1-4-32-22-13-9-17(15-24(22)31-3)10-14-25(29)27-18-11-12-20-23(16-18)33-26(28-20)19-7-5-6-8-21(19)30-2/h5-16H,4H2,1-3H3,(H,27,29)/b14-10+. The SMILES string of the molecule is CCOc1ccc(/C=C/C(=O)Nc2ccc3nc(-c4ccccc4OC)oc3c2)cc1OC. The molecule has 1 N–H and O–H groups in total. The van der Waals surface area contributed by atoms with E-state index in [2.05, 4.69) is 10.3 Å². The van der Waals surface area contributed by atoms with Crippen LogP contribution in [-0.2, 0) is 4.79 Å². The van der Waals surface area contributed by atoms with Crippen LogP contribution < -0.4 is 19.5 Å². The van der Waals surface area contributed by atoms with Gasteiger partial charge in [0.15, 0.2) is 17.1 Å². The third-order valence-corrected chi connectivity index (χ3v) is 4.91. The maximum absolute atomic E-state index is 12.4. The molecule has 0 aliphatic rings. The average molecular weight is 444 g/mol. The molecule has 0 aliphatic carbocycles. The Hall–Kier alpha value is -4.26. The molecule has 168 valence electrons. The van der Waals surface area contributed by atoms with Gasteiger partial charge in [0.1, 0.15) is 11.3 Å². The predicted octanol–water partition coefficient (Wildman–Crippen LogP) is 5.56. The van der Waals surface area contributed by atoms with Gasteiger partial charge in [0.2, 0.25) is 11.8 Å². The van der Waals surface area contributed by atoms with Crippen LogP contribution in [0.1, 0.15) is 12.5 Å². The van der Waals surface area contributed by atoms with E-state index in [4.69, 9.17) is 18.6 Å².